The van der Waals surface area contributed by atoms with Crippen molar-refractivity contribution in [3.8, 4) is 0 Å². The Morgan fingerprint density at radius 3 is 2.75 bits per heavy atom. The van der Waals surface area contributed by atoms with Crippen molar-refractivity contribution in [2.45, 2.75) is 59.9 Å². The van der Waals surface area contributed by atoms with Crippen molar-refractivity contribution in [2.75, 3.05) is 5.73 Å². The lowest BCUT2D eigenvalue weighted by molar-refractivity contribution is 0.276. The fraction of sp³-hybridized carbons (Fsp3) is 0.625. The smallest absolute Gasteiger partial charge is 0.202 e. The zero-order valence-electron chi connectivity index (χ0n) is 13.1. The number of hydrogen-bond donors (Lipinski definition) is 1. The highest BCUT2D eigenvalue weighted by molar-refractivity contribution is 5.77. The number of pyridine rings is 1. The first kappa shape index (κ1) is 14.8. The Morgan fingerprint density at radius 1 is 1.30 bits per heavy atom. The summed E-state index contributed by atoms with van der Waals surface area (Å²) >= 11 is 0. The molecule has 110 valence electrons. The van der Waals surface area contributed by atoms with Gasteiger partial charge in [0.15, 0.2) is 5.65 Å². The predicted octanol–water partition coefficient (Wildman–Crippen LogP) is 3.93. The van der Waals surface area contributed by atoms with Crippen molar-refractivity contribution in [3.05, 3.63) is 17.8 Å². The van der Waals surface area contributed by atoms with Crippen LogP contribution in [0.15, 0.2) is 12.3 Å². The molecule has 0 saturated heterocycles. The molecule has 0 aliphatic rings. The van der Waals surface area contributed by atoms with Gasteiger partial charge in [-0.15, -0.1) is 0 Å². The van der Waals surface area contributed by atoms with E-state index in [2.05, 4.69) is 35.3 Å². The zero-order valence-corrected chi connectivity index (χ0v) is 13.1. The van der Waals surface area contributed by atoms with Gasteiger partial charge >= 0.3 is 0 Å². The molecule has 4 heteroatoms. The van der Waals surface area contributed by atoms with Crippen LogP contribution in [0, 0.1) is 12.3 Å². The molecule has 0 spiro atoms. The summed E-state index contributed by atoms with van der Waals surface area (Å²) in [6.45, 7) is 9.75. The van der Waals surface area contributed by atoms with Crippen LogP contribution in [0.3, 0.4) is 0 Å². The molecule has 4 nitrogen and oxygen atoms in total. The average molecular weight is 274 g/mol. The summed E-state index contributed by atoms with van der Waals surface area (Å²) in [5.41, 5.74) is 9.27. The zero-order chi connectivity index (χ0) is 14.8. The van der Waals surface area contributed by atoms with Crippen LogP contribution in [0.25, 0.3) is 11.2 Å². The van der Waals surface area contributed by atoms with Crippen molar-refractivity contribution in [2.24, 2.45) is 5.41 Å². The highest BCUT2D eigenvalue weighted by atomic mass is 15.2. The number of imidazole rings is 1. The van der Waals surface area contributed by atoms with Gasteiger partial charge in [0.05, 0.1) is 0 Å². The fourth-order valence-corrected chi connectivity index (χ4v) is 2.67. The van der Waals surface area contributed by atoms with Crippen LogP contribution in [0.5, 0.6) is 0 Å². The number of aryl methyl sites for hydroxylation is 1. The summed E-state index contributed by atoms with van der Waals surface area (Å²) in [5, 5.41) is 0. The van der Waals surface area contributed by atoms with E-state index in [1.54, 1.807) is 0 Å². The maximum absolute atomic E-state index is 6.10. The van der Waals surface area contributed by atoms with Crippen molar-refractivity contribution in [1.82, 2.24) is 14.5 Å². The van der Waals surface area contributed by atoms with Gasteiger partial charge in [-0.2, -0.15) is 0 Å². The standard InChI is InChI=1S/C16H26N4/c1-5-6-7-9-16(3,4)11-20-14-13(19-15(20)17)12(2)8-10-18-14/h8,10H,5-7,9,11H2,1-4H3,(H2,17,19). The van der Waals surface area contributed by atoms with Gasteiger partial charge in [0, 0.05) is 12.7 Å². The molecular formula is C16H26N4. The quantitative estimate of drug-likeness (QED) is 0.812. The van der Waals surface area contributed by atoms with E-state index in [0.29, 0.717) is 5.95 Å². The van der Waals surface area contributed by atoms with Gasteiger partial charge in [-0.3, -0.25) is 4.57 Å². The number of nitrogen functional groups attached to an aromatic ring is 1. The number of hydrogen-bond acceptors (Lipinski definition) is 3. The lowest BCUT2D eigenvalue weighted by atomic mass is 9.87. The Hall–Kier alpha value is -1.58. The fourth-order valence-electron chi connectivity index (χ4n) is 2.67. The molecule has 2 aromatic heterocycles. The first-order valence-corrected chi connectivity index (χ1v) is 7.52. The monoisotopic (exact) mass is 274 g/mol. The molecule has 0 saturated carbocycles. The second-order valence-corrected chi connectivity index (χ2v) is 6.48. The Balaban J connectivity index is 2.25. The Labute approximate surface area is 121 Å². The third kappa shape index (κ3) is 3.11. The van der Waals surface area contributed by atoms with Gasteiger partial charge in [0.2, 0.25) is 5.95 Å². The summed E-state index contributed by atoms with van der Waals surface area (Å²) in [7, 11) is 0. The van der Waals surface area contributed by atoms with Crippen LogP contribution in [0.1, 0.15) is 52.0 Å². The Morgan fingerprint density at radius 2 is 2.05 bits per heavy atom. The second kappa shape index (κ2) is 5.81. The molecule has 0 fully saturated rings. The summed E-state index contributed by atoms with van der Waals surface area (Å²) in [6.07, 6.45) is 6.85. The number of rotatable bonds is 6. The molecule has 0 radical (unpaired) electrons. The van der Waals surface area contributed by atoms with Crippen LogP contribution in [0.2, 0.25) is 0 Å². The van der Waals surface area contributed by atoms with E-state index in [-0.39, 0.29) is 5.41 Å². The number of nitrogens with zero attached hydrogens (tertiary/aromatic N) is 3. The SMILES string of the molecule is CCCCCC(C)(C)Cn1c(N)nc2c(C)ccnc21. The lowest BCUT2D eigenvalue weighted by Gasteiger charge is -2.25. The predicted molar refractivity (Wildman–Crippen MR) is 84.6 cm³/mol. The minimum Gasteiger partial charge on any atom is -0.369 e. The molecule has 0 aliphatic heterocycles. The van der Waals surface area contributed by atoms with Gasteiger partial charge in [-0.25, -0.2) is 9.97 Å². The molecule has 2 heterocycles. The highest BCUT2D eigenvalue weighted by Gasteiger charge is 2.21. The average Bonchev–Trinajstić information content (AvgIpc) is 2.68. The summed E-state index contributed by atoms with van der Waals surface area (Å²) < 4.78 is 2.06. The molecule has 2 N–H and O–H groups in total. The van der Waals surface area contributed by atoms with E-state index in [9.17, 15) is 0 Å². The van der Waals surface area contributed by atoms with Gasteiger partial charge in [0.25, 0.3) is 0 Å². The minimum atomic E-state index is 0.211. The lowest BCUT2D eigenvalue weighted by Crippen LogP contribution is -2.21. The summed E-state index contributed by atoms with van der Waals surface area (Å²) in [5.74, 6) is 0.574. The third-order valence-electron chi connectivity index (χ3n) is 3.91. The number of fused-ring (bicyclic) bond motifs is 1. The molecule has 2 rings (SSSR count). The van der Waals surface area contributed by atoms with Crippen LogP contribution in [-0.2, 0) is 6.54 Å². The van der Waals surface area contributed by atoms with Crippen LogP contribution in [0.4, 0.5) is 5.95 Å². The Kier molecular flexibility index (Phi) is 4.31. The molecule has 0 aliphatic carbocycles. The highest BCUT2D eigenvalue weighted by Crippen LogP contribution is 2.29. The normalized spacial score (nSPS) is 12.2. The number of unbranched alkanes of at least 4 members (excludes halogenated alkanes) is 2. The van der Waals surface area contributed by atoms with Crippen LogP contribution >= 0.6 is 0 Å². The van der Waals surface area contributed by atoms with Crippen LogP contribution in [-0.4, -0.2) is 14.5 Å². The molecule has 20 heavy (non-hydrogen) atoms. The van der Waals surface area contributed by atoms with E-state index < -0.39 is 0 Å². The molecule has 0 aromatic carbocycles. The van der Waals surface area contributed by atoms with E-state index in [1.165, 1.54) is 25.7 Å². The number of aromatic nitrogens is 3. The van der Waals surface area contributed by atoms with E-state index in [1.807, 2.05) is 19.2 Å². The van der Waals surface area contributed by atoms with Crippen molar-refractivity contribution < 1.29 is 0 Å². The topological polar surface area (TPSA) is 56.7 Å². The molecule has 0 bridgehead atoms. The van der Waals surface area contributed by atoms with E-state index in [4.69, 9.17) is 5.73 Å². The summed E-state index contributed by atoms with van der Waals surface area (Å²) in [4.78, 5) is 8.94. The maximum atomic E-state index is 6.10. The minimum absolute atomic E-state index is 0.211. The maximum Gasteiger partial charge on any atom is 0.202 e. The second-order valence-electron chi connectivity index (χ2n) is 6.48. The molecule has 0 amide bonds. The van der Waals surface area contributed by atoms with Gasteiger partial charge in [-0.1, -0.05) is 40.0 Å². The van der Waals surface area contributed by atoms with E-state index >= 15 is 0 Å². The Bertz CT molecular complexity index is 583. The number of nitrogens with two attached hydrogens (primary N) is 1. The molecule has 0 atom stereocenters. The van der Waals surface area contributed by atoms with Crippen molar-refractivity contribution in [1.29, 1.82) is 0 Å². The molecule has 0 unspecified atom stereocenters. The van der Waals surface area contributed by atoms with Crippen molar-refractivity contribution in [3.63, 3.8) is 0 Å². The third-order valence-corrected chi connectivity index (χ3v) is 3.91. The summed E-state index contributed by atoms with van der Waals surface area (Å²) in [6, 6.07) is 1.98. The largest absolute Gasteiger partial charge is 0.369 e. The molecule has 2 aromatic rings. The molecular weight excluding hydrogens is 248 g/mol. The first-order valence-electron chi connectivity index (χ1n) is 7.52. The van der Waals surface area contributed by atoms with Crippen LogP contribution < -0.4 is 5.73 Å². The van der Waals surface area contributed by atoms with Crippen molar-refractivity contribution >= 4 is 17.1 Å². The van der Waals surface area contributed by atoms with Gasteiger partial charge in [-0.05, 0) is 30.4 Å². The number of anilines is 1. The van der Waals surface area contributed by atoms with Gasteiger partial charge < -0.3 is 5.73 Å². The van der Waals surface area contributed by atoms with Gasteiger partial charge in [0.1, 0.15) is 5.52 Å². The first-order chi connectivity index (χ1) is 9.44. The van der Waals surface area contributed by atoms with E-state index in [0.717, 1.165) is 23.3 Å².